The van der Waals surface area contributed by atoms with E-state index in [9.17, 15) is 0 Å². The standard InChI is InChI=1S/C21H34N2O2/c1-2-22-16-11-21(12-17-22)25-20-9-7-19(8-10-20)24-18-6-15-23-13-4-3-5-14-23/h7-10,21H,2-6,11-18H2,1H3. The predicted octanol–water partition coefficient (Wildman–Crippen LogP) is 3.80. The van der Waals surface area contributed by atoms with Gasteiger partial charge in [-0.05, 0) is 76.0 Å². The Morgan fingerprint density at radius 2 is 1.56 bits per heavy atom. The molecule has 3 rings (SSSR count). The summed E-state index contributed by atoms with van der Waals surface area (Å²) in [7, 11) is 0. The van der Waals surface area contributed by atoms with Crippen molar-refractivity contribution in [2.24, 2.45) is 0 Å². The van der Waals surface area contributed by atoms with E-state index >= 15 is 0 Å². The Morgan fingerprint density at radius 3 is 2.24 bits per heavy atom. The van der Waals surface area contributed by atoms with Crippen LogP contribution >= 0.6 is 0 Å². The van der Waals surface area contributed by atoms with Crippen LogP contribution in [-0.2, 0) is 0 Å². The Morgan fingerprint density at radius 1 is 0.880 bits per heavy atom. The van der Waals surface area contributed by atoms with E-state index in [1.54, 1.807) is 0 Å². The summed E-state index contributed by atoms with van der Waals surface area (Å²) in [6.07, 6.45) is 7.84. The van der Waals surface area contributed by atoms with Gasteiger partial charge >= 0.3 is 0 Å². The largest absolute Gasteiger partial charge is 0.494 e. The van der Waals surface area contributed by atoms with Gasteiger partial charge in [0.2, 0.25) is 0 Å². The Kier molecular flexibility index (Phi) is 7.43. The van der Waals surface area contributed by atoms with Crippen LogP contribution in [-0.4, -0.2) is 61.8 Å². The van der Waals surface area contributed by atoms with Crippen LogP contribution in [0.3, 0.4) is 0 Å². The highest BCUT2D eigenvalue weighted by Crippen LogP contribution is 2.22. The number of rotatable bonds is 8. The van der Waals surface area contributed by atoms with Gasteiger partial charge in [-0.1, -0.05) is 13.3 Å². The predicted molar refractivity (Wildman–Crippen MR) is 103 cm³/mol. The molecule has 2 fully saturated rings. The lowest BCUT2D eigenvalue weighted by Gasteiger charge is -2.31. The summed E-state index contributed by atoms with van der Waals surface area (Å²) in [6, 6.07) is 8.17. The molecule has 0 unspecified atom stereocenters. The summed E-state index contributed by atoms with van der Waals surface area (Å²) in [5.74, 6) is 1.92. The number of piperidine rings is 2. The van der Waals surface area contributed by atoms with Gasteiger partial charge in [-0.2, -0.15) is 0 Å². The molecule has 0 N–H and O–H groups in total. The first kappa shape index (κ1) is 18.5. The highest BCUT2D eigenvalue weighted by atomic mass is 16.5. The third-order valence-electron chi connectivity index (χ3n) is 5.44. The number of nitrogens with zero attached hydrogens (tertiary/aromatic N) is 2. The molecule has 0 spiro atoms. The third-order valence-corrected chi connectivity index (χ3v) is 5.44. The number of ether oxygens (including phenoxy) is 2. The van der Waals surface area contributed by atoms with E-state index in [0.29, 0.717) is 6.10 Å². The monoisotopic (exact) mass is 346 g/mol. The summed E-state index contributed by atoms with van der Waals surface area (Å²) in [5, 5.41) is 0. The topological polar surface area (TPSA) is 24.9 Å². The maximum atomic E-state index is 6.12. The molecule has 2 aliphatic rings. The van der Waals surface area contributed by atoms with Crippen molar-refractivity contribution in [2.45, 2.75) is 51.6 Å². The van der Waals surface area contributed by atoms with Gasteiger partial charge in [0.1, 0.15) is 17.6 Å². The van der Waals surface area contributed by atoms with E-state index in [-0.39, 0.29) is 0 Å². The maximum Gasteiger partial charge on any atom is 0.119 e. The average molecular weight is 347 g/mol. The molecule has 4 heteroatoms. The van der Waals surface area contributed by atoms with Gasteiger partial charge in [0, 0.05) is 19.6 Å². The van der Waals surface area contributed by atoms with E-state index in [0.717, 1.165) is 63.5 Å². The molecule has 0 amide bonds. The number of hydrogen-bond donors (Lipinski definition) is 0. The van der Waals surface area contributed by atoms with Crippen LogP contribution in [0, 0.1) is 0 Å². The van der Waals surface area contributed by atoms with Gasteiger partial charge in [-0.3, -0.25) is 0 Å². The van der Waals surface area contributed by atoms with Gasteiger partial charge in [0.15, 0.2) is 0 Å². The first-order valence-electron chi connectivity index (χ1n) is 10.2. The molecule has 25 heavy (non-hydrogen) atoms. The Labute approximate surface area is 153 Å². The number of benzene rings is 1. The summed E-state index contributed by atoms with van der Waals surface area (Å²) >= 11 is 0. The lowest BCUT2D eigenvalue weighted by atomic mass is 10.1. The quantitative estimate of drug-likeness (QED) is 0.669. The average Bonchev–Trinajstić information content (AvgIpc) is 2.68. The fourth-order valence-corrected chi connectivity index (χ4v) is 3.81. The molecular formula is C21H34N2O2. The van der Waals surface area contributed by atoms with E-state index in [1.807, 2.05) is 24.3 Å². The van der Waals surface area contributed by atoms with Crippen LogP contribution in [0.15, 0.2) is 24.3 Å². The maximum absolute atomic E-state index is 6.12. The highest BCUT2D eigenvalue weighted by Gasteiger charge is 2.19. The van der Waals surface area contributed by atoms with Crippen molar-refractivity contribution in [2.75, 3.05) is 45.9 Å². The number of hydrogen-bond acceptors (Lipinski definition) is 4. The molecule has 2 saturated heterocycles. The lowest BCUT2D eigenvalue weighted by molar-refractivity contribution is 0.104. The molecule has 0 aromatic heterocycles. The van der Waals surface area contributed by atoms with E-state index in [2.05, 4.69) is 16.7 Å². The van der Waals surface area contributed by atoms with Crippen LogP contribution in [0.1, 0.15) is 45.4 Å². The highest BCUT2D eigenvalue weighted by molar-refractivity contribution is 5.31. The molecule has 0 atom stereocenters. The minimum absolute atomic E-state index is 0.360. The lowest BCUT2D eigenvalue weighted by Crippen LogP contribution is -2.37. The van der Waals surface area contributed by atoms with Gasteiger partial charge in [-0.15, -0.1) is 0 Å². The molecular weight excluding hydrogens is 312 g/mol. The molecule has 0 aliphatic carbocycles. The van der Waals surface area contributed by atoms with Crippen molar-refractivity contribution < 1.29 is 9.47 Å². The summed E-state index contributed by atoms with van der Waals surface area (Å²) in [4.78, 5) is 5.05. The van der Waals surface area contributed by atoms with Crippen LogP contribution in [0.25, 0.3) is 0 Å². The summed E-state index contributed by atoms with van der Waals surface area (Å²) in [6.45, 7) is 10.2. The second-order valence-electron chi connectivity index (χ2n) is 7.33. The van der Waals surface area contributed by atoms with Crippen LogP contribution in [0.2, 0.25) is 0 Å². The minimum Gasteiger partial charge on any atom is -0.494 e. The smallest absolute Gasteiger partial charge is 0.119 e. The van der Waals surface area contributed by atoms with Crippen molar-refractivity contribution in [3.8, 4) is 11.5 Å². The van der Waals surface area contributed by atoms with E-state index < -0.39 is 0 Å². The van der Waals surface area contributed by atoms with E-state index in [4.69, 9.17) is 9.47 Å². The van der Waals surface area contributed by atoms with Crippen LogP contribution in [0.5, 0.6) is 11.5 Å². The van der Waals surface area contributed by atoms with Crippen molar-refractivity contribution >= 4 is 0 Å². The van der Waals surface area contributed by atoms with Crippen molar-refractivity contribution in [1.82, 2.24) is 9.80 Å². The molecule has 0 radical (unpaired) electrons. The van der Waals surface area contributed by atoms with Crippen LogP contribution in [0.4, 0.5) is 0 Å². The molecule has 0 bridgehead atoms. The molecule has 0 saturated carbocycles. The van der Waals surface area contributed by atoms with Crippen molar-refractivity contribution in [3.05, 3.63) is 24.3 Å². The van der Waals surface area contributed by atoms with Gasteiger partial charge in [-0.25, -0.2) is 0 Å². The fraction of sp³-hybridized carbons (Fsp3) is 0.714. The van der Waals surface area contributed by atoms with E-state index in [1.165, 1.54) is 32.4 Å². The third kappa shape index (κ3) is 6.19. The molecule has 4 nitrogen and oxygen atoms in total. The number of likely N-dealkylation sites (tertiary alicyclic amines) is 2. The summed E-state index contributed by atoms with van der Waals surface area (Å²) in [5.41, 5.74) is 0. The van der Waals surface area contributed by atoms with Crippen LogP contribution < -0.4 is 9.47 Å². The Hall–Kier alpha value is -1.26. The van der Waals surface area contributed by atoms with Crippen molar-refractivity contribution in [3.63, 3.8) is 0 Å². The van der Waals surface area contributed by atoms with Crippen molar-refractivity contribution in [1.29, 1.82) is 0 Å². The summed E-state index contributed by atoms with van der Waals surface area (Å²) < 4.78 is 12.0. The molecule has 140 valence electrons. The fourth-order valence-electron chi connectivity index (χ4n) is 3.81. The zero-order valence-corrected chi connectivity index (χ0v) is 15.8. The molecule has 2 heterocycles. The molecule has 1 aromatic rings. The zero-order valence-electron chi connectivity index (χ0n) is 15.8. The Bertz CT molecular complexity index is 477. The minimum atomic E-state index is 0.360. The first-order valence-corrected chi connectivity index (χ1v) is 10.2. The second kappa shape index (κ2) is 10.0. The molecule has 2 aliphatic heterocycles. The zero-order chi connectivity index (χ0) is 17.3. The Balaban J connectivity index is 1.33. The second-order valence-corrected chi connectivity index (χ2v) is 7.33. The first-order chi connectivity index (χ1) is 12.3. The normalized spacial score (nSPS) is 20.5. The molecule has 1 aromatic carbocycles. The van der Waals surface area contributed by atoms with Gasteiger partial charge in [0.25, 0.3) is 0 Å². The van der Waals surface area contributed by atoms with Gasteiger partial charge < -0.3 is 19.3 Å². The SMILES string of the molecule is CCN1CCC(Oc2ccc(OCCCN3CCCCC3)cc2)CC1. The van der Waals surface area contributed by atoms with Gasteiger partial charge in [0.05, 0.1) is 6.61 Å².